The molecule has 4 rings (SSSR count). The number of aryl methyl sites for hydroxylation is 1. The number of aldehydes is 1. The third kappa shape index (κ3) is 2.91. The van der Waals surface area contributed by atoms with Crippen LogP contribution >= 0.6 is 0 Å². The van der Waals surface area contributed by atoms with E-state index in [0.717, 1.165) is 42.2 Å². The highest BCUT2D eigenvalue weighted by Crippen LogP contribution is 2.55. The number of aliphatic hydroxyl groups is 1. The van der Waals surface area contributed by atoms with Crippen molar-refractivity contribution in [2.24, 2.45) is 11.8 Å². The number of methoxy groups -OCH3 is 1. The molecule has 152 valence electrons. The molecule has 2 saturated carbocycles. The number of nitrogens with zero attached hydrogens (tertiary/aromatic N) is 1. The summed E-state index contributed by atoms with van der Waals surface area (Å²) in [6, 6.07) is 5.79. The molecule has 5 heteroatoms. The fraction of sp³-hybridized carbons (Fsp3) is 0.652. The van der Waals surface area contributed by atoms with E-state index in [9.17, 15) is 14.7 Å². The number of benzene rings is 1. The Balaban J connectivity index is 1.82. The van der Waals surface area contributed by atoms with Crippen LogP contribution in [0.1, 0.15) is 50.2 Å². The first-order valence-corrected chi connectivity index (χ1v) is 10.4. The molecule has 1 saturated heterocycles. The normalized spacial score (nSPS) is 36.1. The number of likely N-dealkylation sites (tertiary alicyclic amines) is 1. The Hall–Kier alpha value is -1.72. The van der Waals surface area contributed by atoms with Crippen LogP contribution < -0.4 is 4.74 Å². The zero-order chi connectivity index (χ0) is 20.1. The van der Waals surface area contributed by atoms with E-state index in [1.54, 1.807) is 7.11 Å². The lowest BCUT2D eigenvalue weighted by atomic mass is 9.51. The predicted octanol–water partition coefficient (Wildman–Crippen LogP) is 2.65. The van der Waals surface area contributed by atoms with Gasteiger partial charge < -0.3 is 14.6 Å². The molecule has 3 fully saturated rings. The van der Waals surface area contributed by atoms with Crippen LogP contribution in [0.4, 0.5) is 0 Å². The second kappa shape index (κ2) is 6.96. The van der Waals surface area contributed by atoms with E-state index < -0.39 is 16.9 Å². The number of Topliss-reactive ketones (excluding diaryl/α,β-unsaturated/α-hetero) is 1. The zero-order valence-corrected chi connectivity index (χ0v) is 17.1. The van der Waals surface area contributed by atoms with Crippen LogP contribution in [0.5, 0.6) is 5.75 Å². The van der Waals surface area contributed by atoms with Crippen LogP contribution in [-0.4, -0.2) is 53.9 Å². The van der Waals surface area contributed by atoms with E-state index in [1.165, 1.54) is 12.8 Å². The second-order valence-electron chi connectivity index (χ2n) is 9.14. The van der Waals surface area contributed by atoms with Crippen LogP contribution in [-0.2, 0) is 15.0 Å². The molecule has 1 N–H and O–H groups in total. The number of ether oxygens (including phenoxy) is 1. The maximum atomic E-state index is 12.9. The van der Waals surface area contributed by atoms with E-state index >= 15 is 0 Å². The molecule has 1 aliphatic heterocycles. The molecule has 0 amide bonds. The Labute approximate surface area is 167 Å². The summed E-state index contributed by atoms with van der Waals surface area (Å²) in [7, 11) is 1.63. The van der Waals surface area contributed by atoms with Gasteiger partial charge in [0.15, 0.2) is 0 Å². The molecular formula is C23H31NO4. The van der Waals surface area contributed by atoms with Crippen molar-refractivity contribution in [2.45, 2.75) is 63.0 Å². The zero-order valence-electron chi connectivity index (χ0n) is 17.1. The van der Waals surface area contributed by atoms with Gasteiger partial charge >= 0.3 is 0 Å². The molecular weight excluding hydrogens is 354 g/mol. The maximum absolute atomic E-state index is 12.9. The number of hydrogen-bond acceptors (Lipinski definition) is 5. The maximum Gasteiger partial charge on any atom is 0.144 e. The summed E-state index contributed by atoms with van der Waals surface area (Å²) in [5.74, 6) is 0.691. The molecule has 2 aliphatic carbocycles. The first-order valence-electron chi connectivity index (χ1n) is 10.4. The van der Waals surface area contributed by atoms with Gasteiger partial charge in [-0.1, -0.05) is 6.07 Å². The standard InChI is InChI=1S/C23H31NO4/c1-15-4-7-19(28-3)10-20(15)22-8-9-24(13-17-5-6-17)16(2)23(22,27)11-18(14-25)21(26)12-22/h4,7,10,14,16-18,27H,5-6,8-9,11-13H2,1-3H3/t16-,18?,22-,23-/m1/s1. The summed E-state index contributed by atoms with van der Waals surface area (Å²) in [4.78, 5) is 26.8. The van der Waals surface area contributed by atoms with Crippen LogP contribution in [0.3, 0.4) is 0 Å². The molecule has 1 aromatic carbocycles. The number of hydrogen-bond donors (Lipinski definition) is 1. The SMILES string of the molecule is COc1ccc(C)c([C@]23CCN(CC4CC4)[C@H](C)[C@]2(O)CC(C=O)C(=O)C3)c1. The fourth-order valence-corrected chi connectivity index (χ4v) is 5.64. The quantitative estimate of drug-likeness (QED) is 0.623. The van der Waals surface area contributed by atoms with Crippen molar-refractivity contribution < 1.29 is 19.4 Å². The molecule has 0 radical (unpaired) electrons. The largest absolute Gasteiger partial charge is 0.497 e. The minimum Gasteiger partial charge on any atom is -0.497 e. The average Bonchev–Trinajstić information content (AvgIpc) is 3.50. The van der Waals surface area contributed by atoms with Crippen molar-refractivity contribution in [3.05, 3.63) is 29.3 Å². The Bertz CT molecular complexity index is 789. The molecule has 1 unspecified atom stereocenters. The Morgan fingerprint density at radius 2 is 2.11 bits per heavy atom. The van der Waals surface area contributed by atoms with Gasteiger partial charge in [-0.3, -0.25) is 9.69 Å². The Kier molecular flexibility index (Phi) is 4.87. The van der Waals surface area contributed by atoms with E-state index in [0.29, 0.717) is 6.42 Å². The van der Waals surface area contributed by atoms with E-state index in [1.807, 2.05) is 25.1 Å². The molecule has 5 nitrogen and oxygen atoms in total. The third-order valence-electron chi connectivity index (χ3n) is 7.63. The summed E-state index contributed by atoms with van der Waals surface area (Å²) in [6.07, 6.45) is 4.38. The molecule has 3 aliphatic rings. The highest BCUT2D eigenvalue weighted by molar-refractivity contribution is 5.95. The van der Waals surface area contributed by atoms with Crippen LogP contribution in [0.2, 0.25) is 0 Å². The van der Waals surface area contributed by atoms with E-state index in [4.69, 9.17) is 4.74 Å². The Morgan fingerprint density at radius 1 is 1.36 bits per heavy atom. The summed E-state index contributed by atoms with van der Waals surface area (Å²) >= 11 is 0. The van der Waals surface area contributed by atoms with Gasteiger partial charge in [0.1, 0.15) is 17.8 Å². The molecule has 1 aromatic rings. The van der Waals surface area contributed by atoms with Crippen LogP contribution in [0.15, 0.2) is 18.2 Å². The van der Waals surface area contributed by atoms with E-state index in [-0.39, 0.29) is 24.7 Å². The van der Waals surface area contributed by atoms with Gasteiger partial charge in [0.2, 0.25) is 0 Å². The highest BCUT2D eigenvalue weighted by atomic mass is 16.5. The van der Waals surface area contributed by atoms with Gasteiger partial charge in [-0.2, -0.15) is 0 Å². The fourth-order valence-electron chi connectivity index (χ4n) is 5.64. The summed E-state index contributed by atoms with van der Waals surface area (Å²) in [5, 5.41) is 12.2. The number of fused-ring (bicyclic) bond motifs is 1. The lowest BCUT2D eigenvalue weighted by Crippen LogP contribution is -2.71. The van der Waals surface area contributed by atoms with Crippen molar-refractivity contribution in [3.8, 4) is 5.75 Å². The number of rotatable bonds is 5. The molecule has 0 aromatic heterocycles. The van der Waals surface area contributed by atoms with E-state index in [2.05, 4.69) is 11.8 Å². The minimum absolute atomic E-state index is 0.0512. The Morgan fingerprint density at radius 3 is 2.75 bits per heavy atom. The number of ketones is 1. The van der Waals surface area contributed by atoms with Gasteiger partial charge in [-0.15, -0.1) is 0 Å². The van der Waals surface area contributed by atoms with Gasteiger partial charge in [-0.25, -0.2) is 0 Å². The molecule has 0 spiro atoms. The number of piperidine rings is 1. The van der Waals surface area contributed by atoms with Crippen molar-refractivity contribution in [3.63, 3.8) is 0 Å². The van der Waals surface area contributed by atoms with Gasteiger partial charge in [0.25, 0.3) is 0 Å². The molecule has 1 heterocycles. The number of carbonyl (C=O) groups excluding carboxylic acids is 2. The average molecular weight is 386 g/mol. The smallest absolute Gasteiger partial charge is 0.144 e. The number of carbonyl (C=O) groups is 2. The minimum atomic E-state index is -1.13. The third-order valence-corrected chi connectivity index (χ3v) is 7.63. The highest BCUT2D eigenvalue weighted by Gasteiger charge is 2.63. The summed E-state index contributed by atoms with van der Waals surface area (Å²) in [6.45, 7) is 5.96. The molecule has 28 heavy (non-hydrogen) atoms. The van der Waals surface area contributed by atoms with Crippen molar-refractivity contribution >= 4 is 12.1 Å². The van der Waals surface area contributed by atoms with Crippen molar-refractivity contribution in [1.82, 2.24) is 4.90 Å². The second-order valence-corrected chi connectivity index (χ2v) is 9.14. The van der Waals surface area contributed by atoms with Gasteiger partial charge in [-0.05, 0) is 75.3 Å². The van der Waals surface area contributed by atoms with Crippen molar-refractivity contribution in [2.75, 3.05) is 20.2 Å². The topological polar surface area (TPSA) is 66.8 Å². The first kappa shape index (κ1) is 19.6. The predicted molar refractivity (Wildman–Crippen MR) is 107 cm³/mol. The molecule has 4 atom stereocenters. The summed E-state index contributed by atoms with van der Waals surface area (Å²) in [5.41, 5.74) is 0.239. The summed E-state index contributed by atoms with van der Waals surface area (Å²) < 4.78 is 5.45. The van der Waals surface area contributed by atoms with Crippen LogP contribution in [0, 0.1) is 18.8 Å². The monoisotopic (exact) mass is 385 g/mol. The van der Waals surface area contributed by atoms with Gasteiger partial charge in [0, 0.05) is 24.4 Å². The lowest BCUT2D eigenvalue weighted by molar-refractivity contribution is -0.174. The van der Waals surface area contributed by atoms with Gasteiger partial charge in [0.05, 0.1) is 18.6 Å². The molecule has 0 bridgehead atoms. The van der Waals surface area contributed by atoms with Crippen molar-refractivity contribution in [1.29, 1.82) is 0 Å². The lowest BCUT2D eigenvalue weighted by Gasteiger charge is -2.60. The first-order chi connectivity index (χ1) is 13.3. The van der Waals surface area contributed by atoms with Crippen LogP contribution in [0.25, 0.3) is 0 Å².